The van der Waals surface area contributed by atoms with Gasteiger partial charge >= 0.3 is 18.3 Å². The number of carbonyl (C=O) groups is 3. The van der Waals surface area contributed by atoms with Crippen molar-refractivity contribution >= 4 is 24.1 Å². The minimum absolute atomic E-state index is 0.00202. The molecule has 8 nitrogen and oxygen atoms in total. The number of alkyl carbamates (subject to hydrolysis) is 1. The predicted octanol–water partition coefficient (Wildman–Crippen LogP) is 1.10. The van der Waals surface area contributed by atoms with Gasteiger partial charge in [-0.1, -0.05) is 30.3 Å². The molecular formula is C15H17N3O5. The second-order valence-electron chi connectivity index (χ2n) is 4.53. The maximum atomic E-state index is 11.7. The lowest BCUT2D eigenvalue weighted by atomic mass is 10.1. The van der Waals surface area contributed by atoms with Crippen molar-refractivity contribution in [3.05, 3.63) is 41.4 Å². The zero-order valence-corrected chi connectivity index (χ0v) is 12.6. The number of benzene rings is 1. The van der Waals surface area contributed by atoms with Crippen LogP contribution >= 0.6 is 0 Å². The molecule has 0 unspecified atom stereocenters. The smallest absolute Gasteiger partial charge is 0.408 e. The normalized spacial score (nSPS) is 10.8. The lowest BCUT2D eigenvalue weighted by molar-refractivity contribution is -0.143. The standard InChI is InChI=1S/C15H17N3O5/c1-22-14(20)13(8-7-12(19)9-17-16)18-15(21)23-10-11-5-3-2-4-6-11/h2-6,9,13H,7-8,10H2,1H3,(H,18,21)/t13-/m0/s1. The van der Waals surface area contributed by atoms with Gasteiger partial charge in [-0.3, -0.25) is 4.79 Å². The van der Waals surface area contributed by atoms with Crippen LogP contribution < -0.4 is 5.32 Å². The molecule has 0 aliphatic rings. The number of rotatable bonds is 8. The summed E-state index contributed by atoms with van der Waals surface area (Å²) in [6, 6.07) is 8.00. The molecule has 1 aromatic rings. The molecule has 0 saturated heterocycles. The van der Waals surface area contributed by atoms with Crippen molar-refractivity contribution in [2.45, 2.75) is 25.5 Å². The molecule has 0 fully saturated rings. The van der Waals surface area contributed by atoms with E-state index < -0.39 is 23.9 Å². The fourth-order valence-electron chi connectivity index (χ4n) is 1.71. The molecule has 1 aromatic carbocycles. The molecule has 1 N–H and O–H groups in total. The first kappa shape index (κ1) is 18.1. The van der Waals surface area contributed by atoms with Crippen molar-refractivity contribution in [1.29, 1.82) is 0 Å². The Labute approximate surface area is 133 Å². The van der Waals surface area contributed by atoms with E-state index in [1.54, 1.807) is 12.1 Å². The molecule has 8 heteroatoms. The zero-order chi connectivity index (χ0) is 17.1. The number of nitrogens with one attached hydrogen (secondary N) is 1. The molecule has 1 atom stereocenters. The number of methoxy groups -OCH3 is 1. The van der Waals surface area contributed by atoms with Gasteiger partial charge in [-0.05, 0) is 12.0 Å². The van der Waals surface area contributed by atoms with E-state index in [0.717, 1.165) is 11.8 Å². The van der Waals surface area contributed by atoms with E-state index >= 15 is 0 Å². The largest absolute Gasteiger partial charge is 0.467 e. The number of carbonyl (C=O) groups excluding carboxylic acids is 3. The van der Waals surface area contributed by atoms with Gasteiger partial charge in [0, 0.05) is 6.42 Å². The highest BCUT2D eigenvalue weighted by atomic mass is 16.6. The van der Waals surface area contributed by atoms with Crippen LogP contribution in [0.1, 0.15) is 18.4 Å². The Balaban J connectivity index is 2.51. The van der Waals surface area contributed by atoms with E-state index in [4.69, 9.17) is 10.3 Å². The third-order valence-electron chi connectivity index (χ3n) is 2.87. The van der Waals surface area contributed by atoms with E-state index in [-0.39, 0.29) is 19.4 Å². The van der Waals surface area contributed by atoms with Gasteiger partial charge in [-0.15, -0.1) is 0 Å². The minimum Gasteiger partial charge on any atom is -0.467 e. The first-order valence-corrected chi connectivity index (χ1v) is 6.82. The summed E-state index contributed by atoms with van der Waals surface area (Å²) in [4.78, 5) is 37.2. The number of Topliss-reactive ketones (excluding diaryl/α,β-unsaturated/α-hetero) is 1. The maximum absolute atomic E-state index is 11.7. The number of hydrogen-bond acceptors (Lipinski definition) is 5. The molecule has 0 bridgehead atoms. The molecule has 0 heterocycles. The number of ether oxygens (including phenoxy) is 2. The van der Waals surface area contributed by atoms with Gasteiger partial charge in [-0.25, -0.2) is 9.59 Å². The van der Waals surface area contributed by atoms with Gasteiger partial charge in [0.1, 0.15) is 12.6 Å². The lowest BCUT2D eigenvalue weighted by Crippen LogP contribution is -2.42. The Morgan fingerprint density at radius 2 is 2.00 bits per heavy atom. The molecule has 0 aliphatic heterocycles. The van der Waals surface area contributed by atoms with E-state index in [1.165, 1.54) is 7.11 Å². The maximum Gasteiger partial charge on any atom is 0.408 e. The molecule has 0 aromatic heterocycles. The average molecular weight is 319 g/mol. The van der Waals surface area contributed by atoms with E-state index in [0.29, 0.717) is 0 Å². The zero-order valence-electron chi connectivity index (χ0n) is 12.6. The summed E-state index contributed by atoms with van der Waals surface area (Å²) in [6.07, 6.45) is -0.171. The number of esters is 1. The first-order chi connectivity index (χ1) is 11.1. The second kappa shape index (κ2) is 9.86. The Morgan fingerprint density at radius 3 is 2.61 bits per heavy atom. The van der Waals surface area contributed by atoms with Crippen LogP contribution in [0, 0.1) is 0 Å². The predicted molar refractivity (Wildman–Crippen MR) is 79.5 cm³/mol. The summed E-state index contributed by atoms with van der Waals surface area (Å²) in [5.74, 6) is -1.18. The minimum atomic E-state index is -1.03. The van der Waals surface area contributed by atoms with Crippen LogP contribution in [0.2, 0.25) is 0 Å². The molecule has 0 radical (unpaired) electrons. The number of nitrogens with zero attached hydrogens (tertiary/aromatic N) is 2. The van der Waals surface area contributed by atoms with Gasteiger partial charge in [-0.2, -0.15) is 4.79 Å². The molecule has 23 heavy (non-hydrogen) atoms. The molecule has 0 aliphatic carbocycles. The summed E-state index contributed by atoms with van der Waals surface area (Å²) in [5, 5.41) is 2.34. The second-order valence-corrected chi connectivity index (χ2v) is 4.53. The highest BCUT2D eigenvalue weighted by Gasteiger charge is 2.23. The third kappa shape index (κ3) is 7.01. The van der Waals surface area contributed by atoms with Gasteiger partial charge < -0.3 is 20.3 Å². The molecule has 0 saturated carbocycles. The number of amides is 1. The summed E-state index contributed by atoms with van der Waals surface area (Å²) in [6.45, 7) is 0.0522. The number of hydrogen-bond donors (Lipinski definition) is 1. The van der Waals surface area contributed by atoms with E-state index in [9.17, 15) is 14.4 Å². The van der Waals surface area contributed by atoms with Crippen LogP contribution in [0.4, 0.5) is 4.79 Å². The summed E-state index contributed by atoms with van der Waals surface area (Å²) < 4.78 is 9.56. The summed E-state index contributed by atoms with van der Waals surface area (Å²) >= 11 is 0. The molecule has 122 valence electrons. The van der Waals surface area contributed by atoms with Gasteiger partial charge in [0.05, 0.1) is 7.11 Å². The van der Waals surface area contributed by atoms with Crippen molar-refractivity contribution in [2.24, 2.45) is 0 Å². The van der Waals surface area contributed by atoms with Crippen molar-refractivity contribution < 1.29 is 28.6 Å². The molecule has 0 spiro atoms. The highest BCUT2D eigenvalue weighted by Crippen LogP contribution is 2.03. The quantitative estimate of drug-likeness (QED) is 0.333. The van der Waals surface area contributed by atoms with Gasteiger partial charge in [0.15, 0.2) is 0 Å². The topological polar surface area (TPSA) is 118 Å². The van der Waals surface area contributed by atoms with Crippen LogP contribution in [-0.2, 0) is 25.7 Å². The Hall–Kier alpha value is -2.99. The molecular weight excluding hydrogens is 302 g/mol. The fraction of sp³-hybridized carbons (Fsp3) is 0.333. The summed E-state index contributed by atoms with van der Waals surface area (Å²) in [7, 11) is 1.17. The van der Waals surface area contributed by atoms with Crippen molar-refractivity contribution in [2.75, 3.05) is 7.11 Å². The Kier molecular flexibility index (Phi) is 7.74. The van der Waals surface area contributed by atoms with Crippen LogP contribution in [0.25, 0.3) is 5.53 Å². The lowest BCUT2D eigenvalue weighted by Gasteiger charge is -2.15. The highest BCUT2D eigenvalue weighted by molar-refractivity contribution is 6.25. The average Bonchev–Trinajstić information content (AvgIpc) is 2.57. The van der Waals surface area contributed by atoms with Crippen molar-refractivity contribution in [3.8, 4) is 0 Å². The molecule has 1 rings (SSSR count). The first-order valence-electron chi connectivity index (χ1n) is 6.82. The summed E-state index contributed by atoms with van der Waals surface area (Å²) in [5.41, 5.74) is 9.05. The van der Waals surface area contributed by atoms with Crippen LogP contribution in [-0.4, -0.2) is 42.0 Å². The Morgan fingerprint density at radius 1 is 1.30 bits per heavy atom. The van der Waals surface area contributed by atoms with Crippen LogP contribution in [0.3, 0.4) is 0 Å². The molecule has 1 amide bonds. The van der Waals surface area contributed by atoms with Crippen molar-refractivity contribution in [3.63, 3.8) is 0 Å². The van der Waals surface area contributed by atoms with E-state index in [2.05, 4.69) is 14.8 Å². The fourth-order valence-corrected chi connectivity index (χ4v) is 1.71. The van der Waals surface area contributed by atoms with Crippen LogP contribution in [0.5, 0.6) is 0 Å². The van der Waals surface area contributed by atoms with Gasteiger partial charge in [0.25, 0.3) is 0 Å². The third-order valence-corrected chi connectivity index (χ3v) is 2.87. The Bertz CT molecular complexity index is 596. The number of ketones is 1. The van der Waals surface area contributed by atoms with Gasteiger partial charge in [0.2, 0.25) is 5.78 Å². The van der Waals surface area contributed by atoms with E-state index in [1.807, 2.05) is 18.2 Å². The monoisotopic (exact) mass is 319 g/mol. The van der Waals surface area contributed by atoms with Crippen LogP contribution in [0.15, 0.2) is 30.3 Å². The SMILES string of the molecule is COC(=O)[C@H](CCC(=O)C=[N+]=[N-])NC(=O)OCc1ccccc1. The van der Waals surface area contributed by atoms with Crippen molar-refractivity contribution in [1.82, 2.24) is 5.32 Å².